The Balaban J connectivity index is 1.09. The van der Waals surface area contributed by atoms with Crippen molar-refractivity contribution in [1.82, 2.24) is 4.98 Å². The van der Waals surface area contributed by atoms with E-state index in [1.54, 1.807) is 0 Å². The van der Waals surface area contributed by atoms with Gasteiger partial charge in [0.15, 0.2) is 0 Å². The van der Waals surface area contributed by atoms with E-state index in [4.69, 9.17) is 4.98 Å². The molecule has 1 saturated carbocycles. The molecule has 0 N–H and O–H groups in total. The Kier molecular flexibility index (Phi) is 5.23. The van der Waals surface area contributed by atoms with Crippen molar-refractivity contribution in [3.05, 3.63) is 139 Å². The fraction of sp³-hybridized carbons (Fsp3) is 0.163. The van der Waals surface area contributed by atoms with E-state index in [1.807, 2.05) is 6.20 Å². The van der Waals surface area contributed by atoms with Crippen LogP contribution in [0.3, 0.4) is 0 Å². The Morgan fingerprint density at radius 2 is 1.14 bits per heavy atom. The van der Waals surface area contributed by atoms with Gasteiger partial charge in [0.25, 0.3) is 0 Å². The summed E-state index contributed by atoms with van der Waals surface area (Å²) in [5.74, 6) is 1.09. The zero-order valence-electron chi connectivity index (χ0n) is 28.9. The number of nitrogens with zero attached hydrogens (tertiary/aromatic N) is 2. The van der Waals surface area contributed by atoms with E-state index in [-0.39, 0.29) is 11.0 Å². The molecule has 1 aromatic heterocycles. The van der Waals surface area contributed by atoms with Crippen LogP contribution in [0, 0.1) is 0 Å². The minimum Gasteiger partial charge on any atom is -0.319 e. The molecule has 2 atom stereocenters. The number of aromatic nitrogens is 1. The highest BCUT2D eigenvalue weighted by Crippen LogP contribution is 2.61. The summed E-state index contributed by atoms with van der Waals surface area (Å²) in [6, 6.07) is 48.4. The third kappa shape index (κ3) is 3.37. The minimum atomic E-state index is -0.0592. The third-order valence-corrected chi connectivity index (χ3v) is 13.5. The van der Waals surface area contributed by atoms with Crippen LogP contribution in [-0.4, -0.2) is 10.5 Å². The highest BCUT2D eigenvalue weighted by Gasteiger charge is 2.58. The van der Waals surface area contributed by atoms with Gasteiger partial charge in [-0.05, 0) is 137 Å². The minimum absolute atomic E-state index is 0.0139. The molecule has 9 aromatic carbocycles. The van der Waals surface area contributed by atoms with Crippen molar-refractivity contribution in [2.75, 3.05) is 4.90 Å². The first-order chi connectivity index (χ1) is 25.0. The first-order valence-corrected chi connectivity index (χ1v) is 18.6. The van der Waals surface area contributed by atoms with Crippen molar-refractivity contribution < 1.29 is 0 Å². The number of benzene rings is 7. The summed E-state index contributed by atoms with van der Waals surface area (Å²) >= 11 is 0. The molecule has 2 heterocycles. The van der Waals surface area contributed by atoms with Crippen LogP contribution in [0.4, 0.5) is 11.5 Å². The Hall–Kier alpha value is -5.73. The normalized spacial score (nSPS) is 20.5. The average molecular weight is 653 g/mol. The summed E-state index contributed by atoms with van der Waals surface area (Å²) < 4.78 is 0. The number of anilines is 2. The van der Waals surface area contributed by atoms with Gasteiger partial charge in [0, 0.05) is 22.7 Å². The van der Waals surface area contributed by atoms with Crippen LogP contribution in [-0.2, 0) is 5.41 Å². The third-order valence-electron chi connectivity index (χ3n) is 13.5. The van der Waals surface area contributed by atoms with Gasteiger partial charge in [0.1, 0.15) is 5.82 Å². The predicted octanol–water partition coefficient (Wildman–Crippen LogP) is 13.4. The molecule has 0 radical (unpaired) electrons. The average Bonchev–Trinajstić information content (AvgIpc) is 3.73. The van der Waals surface area contributed by atoms with Crippen molar-refractivity contribution in [3.63, 3.8) is 0 Å². The van der Waals surface area contributed by atoms with E-state index in [2.05, 4.69) is 146 Å². The monoisotopic (exact) mass is 652 g/mol. The lowest BCUT2D eigenvalue weighted by Gasteiger charge is -2.50. The molecule has 2 aliphatic rings. The molecule has 0 spiro atoms. The molecule has 12 rings (SSSR count). The van der Waals surface area contributed by atoms with Crippen molar-refractivity contribution in [1.29, 1.82) is 0 Å². The van der Waals surface area contributed by atoms with Crippen molar-refractivity contribution in [2.45, 2.75) is 50.5 Å². The molecule has 0 amide bonds. The molecular formula is C49H36N2. The lowest BCUT2D eigenvalue weighted by Crippen LogP contribution is -2.54. The summed E-state index contributed by atoms with van der Waals surface area (Å²) in [4.78, 5) is 7.72. The van der Waals surface area contributed by atoms with Gasteiger partial charge in [0.2, 0.25) is 0 Å². The van der Waals surface area contributed by atoms with E-state index >= 15 is 0 Å². The maximum absolute atomic E-state index is 5.09. The molecule has 2 unspecified atom stereocenters. The van der Waals surface area contributed by atoms with Crippen LogP contribution >= 0.6 is 0 Å². The number of fused-ring (bicyclic) bond motifs is 10. The Labute approximate surface area is 296 Å². The van der Waals surface area contributed by atoms with E-state index in [9.17, 15) is 0 Å². The first-order valence-electron chi connectivity index (χ1n) is 18.6. The topological polar surface area (TPSA) is 16.1 Å². The van der Waals surface area contributed by atoms with Gasteiger partial charge in [-0.2, -0.15) is 0 Å². The SMILES string of the molecule is CC12CCCCC1(C)N(c1nccc3ccccc13)c1ccc(-c3ccc4c5cc6c(cc5c5cccc3c54)c3cccc4cccc6c43)cc12. The van der Waals surface area contributed by atoms with Gasteiger partial charge in [-0.15, -0.1) is 0 Å². The van der Waals surface area contributed by atoms with Crippen LogP contribution in [0.2, 0.25) is 0 Å². The Morgan fingerprint density at radius 3 is 1.92 bits per heavy atom. The van der Waals surface area contributed by atoms with Crippen LogP contribution < -0.4 is 4.90 Å². The predicted molar refractivity (Wildman–Crippen MR) is 217 cm³/mol. The Bertz CT molecular complexity index is 2990. The molecule has 1 aliphatic carbocycles. The van der Waals surface area contributed by atoms with E-state index in [1.165, 1.54) is 117 Å². The molecule has 0 saturated heterocycles. The van der Waals surface area contributed by atoms with Crippen LogP contribution in [0.1, 0.15) is 45.1 Å². The summed E-state index contributed by atoms with van der Waals surface area (Å²) in [5, 5.41) is 18.8. The molecule has 242 valence electrons. The number of rotatable bonds is 2. The fourth-order valence-corrected chi connectivity index (χ4v) is 10.9. The summed E-state index contributed by atoms with van der Waals surface area (Å²) in [6.45, 7) is 5.03. The second kappa shape index (κ2) is 9.53. The van der Waals surface area contributed by atoms with Crippen LogP contribution in [0.15, 0.2) is 134 Å². The summed E-state index contributed by atoms with van der Waals surface area (Å²) in [5.41, 5.74) is 5.36. The van der Waals surface area contributed by atoms with Gasteiger partial charge in [-0.25, -0.2) is 4.98 Å². The lowest BCUT2D eigenvalue weighted by molar-refractivity contribution is 0.194. The van der Waals surface area contributed by atoms with Gasteiger partial charge in [0.05, 0.1) is 5.54 Å². The smallest absolute Gasteiger partial charge is 0.141 e. The molecule has 0 bridgehead atoms. The zero-order chi connectivity index (χ0) is 33.6. The molecule has 2 heteroatoms. The highest BCUT2D eigenvalue weighted by molar-refractivity contribution is 6.38. The second-order valence-corrected chi connectivity index (χ2v) is 15.8. The lowest BCUT2D eigenvalue weighted by atomic mass is 9.61. The molecular weight excluding hydrogens is 617 g/mol. The quantitative estimate of drug-likeness (QED) is 0.185. The van der Waals surface area contributed by atoms with Gasteiger partial charge >= 0.3 is 0 Å². The van der Waals surface area contributed by atoms with Crippen molar-refractivity contribution in [2.24, 2.45) is 0 Å². The maximum atomic E-state index is 5.09. The van der Waals surface area contributed by atoms with Crippen LogP contribution in [0.5, 0.6) is 0 Å². The number of hydrogen-bond acceptors (Lipinski definition) is 2. The van der Waals surface area contributed by atoms with E-state index in [0.29, 0.717) is 0 Å². The zero-order valence-corrected chi connectivity index (χ0v) is 28.9. The summed E-state index contributed by atoms with van der Waals surface area (Å²) in [7, 11) is 0. The van der Waals surface area contributed by atoms with E-state index < -0.39 is 0 Å². The van der Waals surface area contributed by atoms with Gasteiger partial charge < -0.3 is 4.90 Å². The molecule has 1 fully saturated rings. The standard InChI is InChI=1S/C49H36N2/c1-48-23-5-6-24-49(48,2)51(47-33-13-4-3-10-29(33)22-25-50-47)44-21-18-31(26-43(44)48)32-19-20-38-42-28-40-36-15-8-12-30-11-7-14-35(45(30)36)39(40)27-41(42)37-17-9-16-34(32)46(37)38/h3-4,7-22,25-28H,5-6,23-24H2,1-2H3. The van der Waals surface area contributed by atoms with Crippen LogP contribution in [0.25, 0.3) is 86.5 Å². The fourth-order valence-electron chi connectivity index (χ4n) is 10.9. The molecule has 2 nitrogen and oxygen atoms in total. The van der Waals surface area contributed by atoms with Gasteiger partial charge in [-0.1, -0.05) is 117 Å². The summed E-state index contributed by atoms with van der Waals surface area (Å²) in [6.07, 6.45) is 6.83. The molecule has 10 aromatic rings. The van der Waals surface area contributed by atoms with Crippen molar-refractivity contribution in [3.8, 4) is 11.1 Å². The molecule has 51 heavy (non-hydrogen) atoms. The van der Waals surface area contributed by atoms with E-state index in [0.717, 1.165) is 12.2 Å². The van der Waals surface area contributed by atoms with Gasteiger partial charge in [-0.3, -0.25) is 0 Å². The first kappa shape index (κ1) is 28.0. The van der Waals surface area contributed by atoms with Crippen molar-refractivity contribution >= 4 is 86.9 Å². The highest BCUT2D eigenvalue weighted by atomic mass is 15.3. The number of pyridine rings is 1. The largest absolute Gasteiger partial charge is 0.319 e. The number of hydrogen-bond donors (Lipinski definition) is 0. The Morgan fingerprint density at radius 1 is 0.510 bits per heavy atom. The molecule has 1 aliphatic heterocycles. The maximum Gasteiger partial charge on any atom is 0.141 e. The second-order valence-electron chi connectivity index (χ2n) is 15.8.